The van der Waals surface area contributed by atoms with Crippen molar-refractivity contribution in [1.29, 1.82) is 0 Å². The predicted molar refractivity (Wildman–Crippen MR) is 71.2 cm³/mol. The Kier molecular flexibility index (Phi) is 3.81. The first kappa shape index (κ1) is 11.7. The molecule has 0 radical (unpaired) electrons. The average molecular weight is 229 g/mol. The summed E-state index contributed by atoms with van der Waals surface area (Å²) in [7, 11) is 0. The number of aromatic nitrogens is 2. The van der Waals surface area contributed by atoms with E-state index in [0.717, 1.165) is 18.9 Å². The molecule has 0 bridgehead atoms. The molecule has 0 fully saturated rings. The fraction of sp³-hybridized carbons (Fsp3) is 0.357. The van der Waals surface area contributed by atoms with Gasteiger partial charge in [-0.15, -0.1) is 0 Å². The van der Waals surface area contributed by atoms with Crippen LogP contribution in [0.5, 0.6) is 0 Å². The molecule has 1 N–H and O–H groups in total. The number of hydrogen-bond acceptors (Lipinski definition) is 2. The molecule has 0 amide bonds. The second-order valence-corrected chi connectivity index (χ2v) is 4.25. The summed E-state index contributed by atoms with van der Waals surface area (Å²) in [6.07, 6.45) is 2.00. The first-order chi connectivity index (χ1) is 8.29. The smallest absolute Gasteiger partial charge is 0.148 e. The normalized spacial score (nSPS) is 12.4. The van der Waals surface area contributed by atoms with E-state index in [0.29, 0.717) is 5.92 Å². The molecule has 3 nitrogen and oxygen atoms in total. The molecule has 17 heavy (non-hydrogen) atoms. The molecule has 1 aromatic heterocycles. The highest BCUT2D eigenvalue weighted by atomic mass is 15.3. The largest absolute Gasteiger partial charge is 0.368 e. The summed E-state index contributed by atoms with van der Waals surface area (Å²) in [6, 6.07) is 12.6. The fourth-order valence-corrected chi connectivity index (χ4v) is 1.79. The van der Waals surface area contributed by atoms with E-state index in [2.05, 4.69) is 48.5 Å². The lowest BCUT2D eigenvalue weighted by atomic mass is 10.0. The van der Waals surface area contributed by atoms with Crippen molar-refractivity contribution in [3.63, 3.8) is 0 Å². The molecule has 0 aliphatic rings. The Hall–Kier alpha value is -1.77. The van der Waals surface area contributed by atoms with Gasteiger partial charge >= 0.3 is 0 Å². The molecule has 1 aromatic carbocycles. The van der Waals surface area contributed by atoms with Crippen molar-refractivity contribution in [2.45, 2.75) is 26.3 Å². The summed E-state index contributed by atoms with van der Waals surface area (Å²) in [5.41, 5.74) is 1.36. The van der Waals surface area contributed by atoms with Gasteiger partial charge in [0, 0.05) is 25.4 Å². The fourth-order valence-electron chi connectivity index (χ4n) is 1.79. The summed E-state index contributed by atoms with van der Waals surface area (Å²) < 4.78 is 1.93. The lowest BCUT2D eigenvalue weighted by Gasteiger charge is -2.12. The Morgan fingerprint density at radius 2 is 2.00 bits per heavy atom. The zero-order valence-electron chi connectivity index (χ0n) is 10.4. The molecule has 0 aliphatic heterocycles. The van der Waals surface area contributed by atoms with Gasteiger partial charge in [-0.3, -0.25) is 4.68 Å². The lowest BCUT2D eigenvalue weighted by Crippen LogP contribution is -2.10. The maximum absolute atomic E-state index is 4.40. The van der Waals surface area contributed by atoms with E-state index in [1.165, 1.54) is 5.56 Å². The predicted octanol–water partition coefficient (Wildman–Crippen LogP) is 3.12. The van der Waals surface area contributed by atoms with Gasteiger partial charge in [-0.25, -0.2) is 0 Å². The van der Waals surface area contributed by atoms with Crippen LogP contribution in [0.2, 0.25) is 0 Å². The number of nitrogens with one attached hydrogen (secondary N) is 1. The standard InChI is InChI=1S/C14H19N3/c1-3-17-10-9-14(16-17)15-11-12(2)13-7-5-4-6-8-13/h4-10,12H,3,11H2,1-2H3,(H,15,16). The van der Waals surface area contributed by atoms with Crippen LogP contribution in [-0.2, 0) is 6.54 Å². The van der Waals surface area contributed by atoms with E-state index >= 15 is 0 Å². The quantitative estimate of drug-likeness (QED) is 0.853. The van der Waals surface area contributed by atoms with Crippen molar-refractivity contribution in [3.05, 3.63) is 48.2 Å². The van der Waals surface area contributed by atoms with Crippen molar-refractivity contribution >= 4 is 5.82 Å². The van der Waals surface area contributed by atoms with Gasteiger partial charge in [0.1, 0.15) is 5.82 Å². The number of anilines is 1. The Labute approximate surface area is 102 Å². The minimum Gasteiger partial charge on any atom is -0.368 e. The van der Waals surface area contributed by atoms with Gasteiger partial charge in [-0.2, -0.15) is 5.10 Å². The van der Waals surface area contributed by atoms with Crippen LogP contribution in [-0.4, -0.2) is 16.3 Å². The minimum absolute atomic E-state index is 0.489. The molecule has 1 unspecified atom stereocenters. The van der Waals surface area contributed by atoms with Gasteiger partial charge in [-0.05, 0) is 18.4 Å². The second-order valence-electron chi connectivity index (χ2n) is 4.25. The maximum atomic E-state index is 4.40. The van der Waals surface area contributed by atoms with Crippen molar-refractivity contribution in [2.24, 2.45) is 0 Å². The number of rotatable bonds is 5. The molecule has 2 rings (SSSR count). The van der Waals surface area contributed by atoms with Crippen LogP contribution in [0, 0.1) is 0 Å². The zero-order chi connectivity index (χ0) is 12.1. The Bertz CT molecular complexity index is 448. The number of hydrogen-bond donors (Lipinski definition) is 1. The van der Waals surface area contributed by atoms with E-state index in [9.17, 15) is 0 Å². The van der Waals surface area contributed by atoms with Gasteiger partial charge in [0.2, 0.25) is 0 Å². The van der Waals surface area contributed by atoms with Crippen LogP contribution < -0.4 is 5.32 Å². The molecular weight excluding hydrogens is 210 g/mol. The summed E-state index contributed by atoms with van der Waals surface area (Å²) in [6.45, 7) is 6.13. The number of nitrogens with zero attached hydrogens (tertiary/aromatic N) is 2. The number of benzene rings is 1. The van der Waals surface area contributed by atoms with Crippen LogP contribution in [0.25, 0.3) is 0 Å². The molecular formula is C14H19N3. The van der Waals surface area contributed by atoms with E-state index in [1.54, 1.807) is 0 Å². The van der Waals surface area contributed by atoms with Crippen LogP contribution in [0.1, 0.15) is 25.3 Å². The van der Waals surface area contributed by atoms with Crippen molar-refractivity contribution in [3.8, 4) is 0 Å². The average Bonchev–Trinajstić information content (AvgIpc) is 2.85. The molecule has 0 spiro atoms. The van der Waals surface area contributed by atoms with Crippen molar-refractivity contribution in [1.82, 2.24) is 9.78 Å². The SMILES string of the molecule is CCn1ccc(NCC(C)c2ccccc2)n1. The summed E-state index contributed by atoms with van der Waals surface area (Å²) >= 11 is 0. The van der Waals surface area contributed by atoms with Crippen LogP contribution in [0.3, 0.4) is 0 Å². The van der Waals surface area contributed by atoms with E-state index in [-0.39, 0.29) is 0 Å². The van der Waals surface area contributed by atoms with Crippen LogP contribution >= 0.6 is 0 Å². The van der Waals surface area contributed by atoms with E-state index in [4.69, 9.17) is 0 Å². The maximum Gasteiger partial charge on any atom is 0.148 e. The third kappa shape index (κ3) is 3.09. The van der Waals surface area contributed by atoms with Gasteiger partial charge in [-0.1, -0.05) is 37.3 Å². The summed E-state index contributed by atoms with van der Waals surface area (Å²) in [5, 5.41) is 7.77. The third-order valence-electron chi connectivity index (χ3n) is 2.92. The van der Waals surface area contributed by atoms with Gasteiger partial charge < -0.3 is 5.32 Å². The molecule has 2 aromatic rings. The van der Waals surface area contributed by atoms with Gasteiger partial charge in [0.05, 0.1) is 0 Å². The van der Waals surface area contributed by atoms with Gasteiger partial charge in [0.15, 0.2) is 0 Å². The number of aryl methyl sites for hydroxylation is 1. The topological polar surface area (TPSA) is 29.9 Å². The highest BCUT2D eigenvalue weighted by Gasteiger charge is 2.05. The van der Waals surface area contributed by atoms with Crippen molar-refractivity contribution in [2.75, 3.05) is 11.9 Å². The molecule has 0 saturated carbocycles. The minimum atomic E-state index is 0.489. The summed E-state index contributed by atoms with van der Waals surface area (Å²) in [4.78, 5) is 0. The van der Waals surface area contributed by atoms with Crippen LogP contribution in [0.4, 0.5) is 5.82 Å². The second kappa shape index (κ2) is 5.53. The third-order valence-corrected chi connectivity index (χ3v) is 2.92. The monoisotopic (exact) mass is 229 g/mol. The van der Waals surface area contributed by atoms with Crippen LogP contribution in [0.15, 0.2) is 42.6 Å². The molecule has 1 atom stereocenters. The highest BCUT2D eigenvalue weighted by molar-refractivity contribution is 5.33. The van der Waals surface area contributed by atoms with E-state index in [1.807, 2.05) is 23.0 Å². The molecule has 0 aliphatic carbocycles. The Balaban J connectivity index is 1.90. The lowest BCUT2D eigenvalue weighted by molar-refractivity contribution is 0.660. The Morgan fingerprint density at radius 3 is 2.65 bits per heavy atom. The van der Waals surface area contributed by atoms with E-state index < -0.39 is 0 Å². The molecule has 1 heterocycles. The summed E-state index contributed by atoms with van der Waals surface area (Å²) in [5.74, 6) is 1.44. The van der Waals surface area contributed by atoms with Crippen molar-refractivity contribution < 1.29 is 0 Å². The first-order valence-corrected chi connectivity index (χ1v) is 6.12. The molecule has 90 valence electrons. The highest BCUT2D eigenvalue weighted by Crippen LogP contribution is 2.15. The molecule has 0 saturated heterocycles. The molecule has 3 heteroatoms. The van der Waals surface area contributed by atoms with Gasteiger partial charge in [0.25, 0.3) is 0 Å². The zero-order valence-corrected chi connectivity index (χ0v) is 10.4. The Morgan fingerprint density at radius 1 is 1.24 bits per heavy atom. The first-order valence-electron chi connectivity index (χ1n) is 6.12.